The van der Waals surface area contributed by atoms with Crippen molar-refractivity contribution in [3.8, 4) is 0 Å². The van der Waals surface area contributed by atoms with Crippen LogP contribution in [-0.2, 0) is 6.54 Å². The molecule has 0 spiro atoms. The smallest absolute Gasteiger partial charge is 0.255 e. The molecule has 0 saturated carbocycles. The highest BCUT2D eigenvalue weighted by Crippen LogP contribution is 2.22. The van der Waals surface area contributed by atoms with E-state index in [9.17, 15) is 4.79 Å². The Hall–Kier alpha value is -1.55. The lowest BCUT2D eigenvalue weighted by Gasteiger charge is -2.07. The van der Waals surface area contributed by atoms with E-state index < -0.39 is 0 Å². The standard InChI is InChI=1S/C14H12Cl2N2O/c15-11-5-12(16)7-13(6-11)18-14(19)10-3-1-9(8-17)2-4-10/h1-7H,8,17H2,(H,18,19). The molecule has 0 aromatic heterocycles. The zero-order chi connectivity index (χ0) is 13.8. The lowest BCUT2D eigenvalue weighted by atomic mass is 10.1. The van der Waals surface area contributed by atoms with E-state index in [2.05, 4.69) is 5.32 Å². The lowest BCUT2D eigenvalue weighted by molar-refractivity contribution is 0.102. The second kappa shape index (κ2) is 6.06. The third kappa shape index (κ3) is 3.70. The molecule has 0 bridgehead atoms. The average Bonchev–Trinajstić information content (AvgIpc) is 2.37. The largest absolute Gasteiger partial charge is 0.326 e. The second-order valence-electron chi connectivity index (χ2n) is 4.01. The third-order valence-corrected chi connectivity index (χ3v) is 3.01. The van der Waals surface area contributed by atoms with Gasteiger partial charge in [0.2, 0.25) is 0 Å². The number of rotatable bonds is 3. The molecule has 2 aromatic carbocycles. The molecular weight excluding hydrogens is 283 g/mol. The molecule has 0 heterocycles. The number of hydrogen-bond acceptors (Lipinski definition) is 2. The van der Waals surface area contributed by atoms with E-state index in [1.807, 2.05) is 12.1 Å². The van der Waals surface area contributed by atoms with Gasteiger partial charge in [-0.15, -0.1) is 0 Å². The highest BCUT2D eigenvalue weighted by Gasteiger charge is 2.07. The third-order valence-electron chi connectivity index (χ3n) is 2.57. The zero-order valence-corrected chi connectivity index (χ0v) is 11.5. The maximum Gasteiger partial charge on any atom is 0.255 e. The summed E-state index contributed by atoms with van der Waals surface area (Å²) >= 11 is 11.7. The van der Waals surface area contributed by atoms with Crippen LogP contribution in [0.25, 0.3) is 0 Å². The number of hydrogen-bond donors (Lipinski definition) is 2. The van der Waals surface area contributed by atoms with Crippen molar-refractivity contribution >= 4 is 34.8 Å². The number of benzene rings is 2. The summed E-state index contributed by atoms with van der Waals surface area (Å²) in [5.74, 6) is -0.220. The van der Waals surface area contributed by atoms with Crippen LogP contribution in [0.2, 0.25) is 10.0 Å². The number of anilines is 1. The fraction of sp³-hybridized carbons (Fsp3) is 0.0714. The number of halogens is 2. The summed E-state index contributed by atoms with van der Waals surface area (Å²) in [7, 11) is 0. The van der Waals surface area contributed by atoms with Crippen molar-refractivity contribution in [3.63, 3.8) is 0 Å². The van der Waals surface area contributed by atoms with E-state index in [1.54, 1.807) is 30.3 Å². The SMILES string of the molecule is NCc1ccc(C(=O)Nc2cc(Cl)cc(Cl)c2)cc1. The van der Waals surface area contributed by atoms with Crippen LogP contribution in [0, 0.1) is 0 Å². The van der Waals surface area contributed by atoms with Crippen molar-refractivity contribution in [1.29, 1.82) is 0 Å². The first kappa shape index (κ1) is 13.9. The second-order valence-corrected chi connectivity index (χ2v) is 4.89. The van der Waals surface area contributed by atoms with Gasteiger partial charge in [-0.2, -0.15) is 0 Å². The normalized spacial score (nSPS) is 10.3. The predicted octanol–water partition coefficient (Wildman–Crippen LogP) is 3.70. The van der Waals surface area contributed by atoms with Crippen molar-refractivity contribution in [2.75, 3.05) is 5.32 Å². The van der Waals surface area contributed by atoms with Crippen molar-refractivity contribution in [2.24, 2.45) is 5.73 Å². The molecule has 3 nitrogen and oxygen atoms in total. The van der Waals surface area contributed by atoms with Gasteiger partial charge in [0.1, 0.15) is 0 Å². The minimum Gasteiger partial charge on any atom is -0.326 e. The molecule has 0 aliphatic heterocycles. The van der Waals surface area contributed by atoms with Gasteiger partial charge in [0.15, 0.2) is 0 Å². The number of carbonyl (C=O) groups excluding carboxylic acids is 1. The molecule has 98 valence electrons. The van der Waals surface area contributed by atoms with E-state index in [4.69, 9.17) is 28.9 Å². The van der Waals surface area contributed by atoms with Gasteiger partial charge in [-0.1, -0.05) is 35.3 Å². The maximum atomic E-state index is 12.0. The topological polar surface area (TPSA) is 55.1 Å². The Bertz CT molecular complexity index is 577. The summed E-state index contributed by atoms with van der Waals surface area (Å²) in [6.07, 6.45) is 0. The maximum absolute atomic E-state index is 12.0. The first-order chi connectivity index (χ1) is 9.08. The van der Waals surface area contributed by atoms with Gasteiger partial charge >= 0.3 is 0 Å². The highest BCUT2D eigenvalue weighted by atomic mass is 35.5. The molecule has 0 fully saturated rings. The van der Waals surface area contributed by atoms with Crippen LogP contribution in [0.3, 0.4) is 0 Å². The summed E-state index contributed by atoms with van der Waals surface area (Å²) in [4.78, 5) is 12.0. The Labute approximate surface area is 121 Å². The Morgan fingerprint density at radius 3 is 2.16 bits per heavy atom. The molecule has 2 rings (SSSR count). The zero-order valence-electron chi connectivity index (χ0n) is 9.99. The summed E-state index contributed by atoms with van der Waals surface area (Å²) in [6.45, 7) is 0.450. The van der Waals surface area contributed by atoms with Crippen LogP contribution in [0.15, 0.2) is 42.5 Å². The number of carbonyl (C=O) groups is 1. The lowest BCUT2D eigenvalue weighted by Crippen LogP contribution is -2.12. The Kier molecular flexibility index (Phi) is 4.43. The van der Waals surface area contributed by atoms with E-state index in [-0.39, 0.29) is 5.91 Å². The predicted molar refractivity (Wildman–Crippen MR) is 78.7 cm³/mol. The van der Waals surface area contributed by atoms with Crippen molar-refractivity contribution in [3.05, 3.63) is 63.6 Å². The quantitative estimate of drug-likeness (QED) is 0.907. The Morgan fingerprint density at radius 2 is 1.63 bits per heavy atom. The summed E-state index contributed by atoms with van der Waals surface area (Å²) in [5, 5.41) is 3.69. The van der Waals surface area contributed by atoms with Crippen LogP contribution in [0.5, 0.6) is 0 Å². The monoisotopic (exact) mass is 294 g/mol. The number of nitrogens with two attached hydrogens (primary N) is 1. The molecule has 0 atom stereocenters. The molecule has 0 radical (unpaired) electrons. The minimum absolute atomic E-state index is 0.220. The van der Waals surface area contributed by atoms with Crippen molar-refractivity contribution < 1.29 is 4.79 Å². The molecule has 0 aliphatic rings. The van der Waals surface area contributed by atoms with Crippen molar-refractivity contribution in [1.82, 2.24) is 0 Å². The molecule has 0 saturated heterocycles. The number of nitrogens with one attached hydrogen (secondary N) is 1. The average molecular weight is 295 g/mol. The van der Waals surface area contributed by atoms with E-state index in [1.165, 1.54) is 0 Å². The molecule has 19 heavy (non-hydrogen) atoms. The van der Waals surface area contributed by atoms with Crippen LogP contribution in [0.1, 0.15) is 15.9 Å². The first-order valence-corrected chi connectivity index (χ1v) is 6.40. The Morgan fingerprint density at radius 1 is 1.05 bits per heavy atom. The number of amides is 1. The van der Waals surface area contributed by atoms with Gasteiger partial charge in [-0.25, -0.2) is 0 Å². The van der Waals surface area contributed by atoms with E-state index in [0.29, 0.717) is 27.8 Å². The fourth-order valence-corrected chi connectivity index (χ4v) is 2.15. The van der Waals surface area contributed by atoms with Gasteiger partial charge < -0.3 is 11.1 Å². The fourth-order valence-electron chi connectivity index (χ4n) is 1.62. The van der Waals surface area contributed by atoms with Gasteiger partial charge in [-0.3, -0.25) is 4.79 Å². The van der Waals surface area contributed by atoms with Crippen LogP contribution in [0.4, 0.5) is 5.69 Å². The van der Waals surface area contributed by atoms with E-state index >= 15 is 0 Å². The summed E-state index contributed by atoms with van der Waals surface area (Å²) in [5.41, 5.74) is 7.59. The van der Waals surface area contributed by atoms with Crippen LogP contribution < -0.4 is 11.1 Å². The van der Waals surface area contributed by atoms with Crippen LogP contribution in [-0.4, -0.2) is 5.91 Å². The van der Waals surface area contributed by atoms with Gasteiger partial charge in [0.25, 0.3) is 5.91 Å². The molecule has 2 aromatic rings. The van der Waals surface area contributed by atoms with Crippen LogP contribution >= 0.6 is 23.2 Å². The summed E-state index contributed by atoms with van der Waals surface area (Å²) in [6, 6.07) is 12.0. The van der Waals surface area contributed by atoms with Crippen molar-refractivity contribution in [2.45, 2.75) is 6.54 Å². The molecule has 3 N–H and O–H groups in total. The van der Waals surface area contributed by atoms with Gasteiger partial charge in [0.05, 0.1) is 0 Å². The summed E-state index contributed by atoms with van der Waals surface area (Å²) < 4.78 is 0. The minimum atomic E-state index is -0.220. The molecule has 0 aliphatic carbocycles. The highest BCUT2D eigenvalue weighted by molar-refractivity contribution is 6.35. The molecule has 1 amide bonds. The molecule has 5 heteroatoms. The van der Waals surface area contributed by atoms with E-state index in [0.717, 1.165) is 5.56 Å². The Balaban J connectivity index is 2.15. The molecule has 0 unspecified atom stereocenters. The van der Waals surface area contributed by atoms with Gasteiger partial charge in [0, 0.05) is 27.8 Å². The molecular formula is C14H12Cl2N2O. The first-order valence-electron chi connectivity index (χ1n) is 5.65. The van der Waals surface area contributed by atoms with Gasteiger partial charge in [-0.05, 0) is 35.9 Å².